The van der Waals surface area contributed by atoms with E-state index < -0.39 is 27.4 Å². The van der Waals surface area contributed by atoms with Crippen molar-refractivity contribution in [3.63, 3.8) is 0 Å². The average molecular weight is 370 g/mol. The van der Waals surface area contributed by atoms with Crippen molar-refractivity contribution in [3.05, 3.63) is 29.8 Å². The Morgan fingerprint density at radius 2 is 2.12 bits per heavy atom. The summed E-state index contributed by atoms with van der Waals surface area (Å²) >= 11 is 0. The fourth-order valence-corrected chi connectivity index (χ4v) is 3.88. The summed E-state index contributed by atoms with van der Waals surface area (Å²) < 4.78 is 31.7. The van der Waals surface area contributed by atoms with E-state index in [0.29, 0.717) is 19.4 Å². The van der Waals surface area contributed by atoms with Gasteiger partial charge >= 0.3 is 5.97 Å². The number of methoxy groups -OCH3 is 1. The highest BCUT2D eigenvalue weighted by Gasteiger charge is 2.46. The molecule has 138 valence electrons. The van der Waals surface area contributed by atoms with Gasteiger partial charge in [-0.05, 0) is 38.0 Å². The van der Waals surface area contributed by atoms with Crippen LogP contribution < -0.4 is 4.72 Å². The zero-order valence-electron chi connectivity index (χ0n) is 14.2. The summed E-state index contributed by atoms with van der Waals surface area (Å²) in [4.78, 5) is 25.5. The van der Waals surface area contributed by atoms with Crippen LogP contribution in [-0.4, -0.2) is 62.6 Å². The number of carbonyl (C=O) groups is 2. The second-order valence-electron chi connectivity index (χ2n) is 6.06. The van der Waals surface area contributed by atoms with Gasteiger partial charge in [-0.3, -0.25) is 4.79 Å². The molecular formula is C16H22N2O6S. The van der Waals surface area contributed by atoms with Gasteiger partial charge in [0.25, 0.3) is 5.91 Å². The summed E-state index contributed by atoms with van der Waals surface area (Å²) in [5.74, 6) is -1.56. The van der Waals surface area contributed by atoms with Gasteiger partial charge in [0.1, 0.15) is 5.54 Å². The van der Waals surface area contributed by atoms with Crippen molar-refractivity contribution in [2.45, 2.75) is 30.2 Å². The second kappa shape index (κ2) is 7.51. The first kappa shape index (κ1) is 19.4. The van der Waals surface area contributed by atoms with Crippen LogP contribution in [0.2, 0.25) is 0 Å². The Hall–Kier alpha value is -1.97. The number of rotatable bonds is 7. The zero-order chi connectivity index (χ0) is 18.7. The molecule has 0 aromatic heterocycles. The highest BCUT2D eigenvalue weighted by Crippen LogP contribution is 2.31. The third-order valence-electron chi connectivity index (χ3n) is 4.34. The number of benzene rings is 1. The molecule has 0 saturated carbocycles. The van der Waals surface area contributed by atoms with Crippen molar-refractivity contribution in [1.29, 1.82) is 0 Å². The molecular weight excluding hydrogens is 348 g/mol. The average Bonchev–Trinajstić information content (AvgIpc) is 2.98. The molecule has 1 aromatic carbocycles. The minimum absolute atomic E-state index is 0.0503. The van der Waals surface area contributed by atoms with Gasteiger partial charge < -0.3 is 14.7 Å². The second-order valence-corrected chi connectivity index (χ2v) is 7.82. The number of nitrogens with zero attached hydrogens (tertiary/aromatic N) is 1. The first-order valence-electron chi connectivity index (χ1n) is 7.86. The van der Waals surface area contributed by atoms with Crippen LogP contribution in [0.5, 0.6) is 0 Å². The van der Waals surface area contributed by atoms with Crippen molar-refractivity contribution in [2.24, 2.45) is 0 Å². The lowest BCUT2D eigenvalue weighted by molar-refractivity contribution is -0.147. The molecule has 0 aliphatic carbocycles. The Kier molecular flexibility index (Phi) is 5.81. The summed E-state index contributed by atoms with van der Waals surface area (Å²) in [5.41, 5.74) is -1.13. The van der Waals surface area contributed by atoms with Gasteiger partial charge in [0.15, 0.2) is 0 Å². The molecule has 9 heteroatoms. The van der Waals surface area contributed by atoms with Crippen molar-refractivity contribution in [2.75, 3.05) is 26.8 Å². The number of nitrogens with one attached hydrogen (secondary N) is 1. The largest absolute Gasteiger partial charge is 0.480 e. The lowest BCUT2D eigenvalue weighted by Crippen LogP contribution is -2.50. The van der Waals surface area contributed by atoms with Crippen LogP contribution in [0.1, 0.15) is 30.1 Å². The quantitative estimate of drug-likeness (QED) is 0.683. The van der Waals surface area contributed by atoms with Crippen LogP contribution in [0.25, 0.3) is 0 Å². The van der Waals surface area contributed by atoms with Gasteiger partial charge in [-0.1, -0.05) is 6.07 Å². The molecule has 1 unspecified atom stereocenters. The number of hydrogen-bond donors (Lipinski definition) is 2. The zero-order valence-corrected chi connectivity index (χ0v) is 15.0. The van der Waals surface area contributed by atoms with E-state index in [-0.39, 0.29) is 23.6 Å². The molecule has 8 nitrogen and oxygen atoms in total. The number of sulfonamides is 1. The van der Waals surface area contributed by atoms with Crippen LogP contribution >= 0.6 is 0 Å². The van der Waals surface area contributed by atoms with E-state index in [4.69, 9.17) is 4.74 Å². The molecule has 2 N–H and O–H groups in total. The third-order valence-corrected chi connectivity index (χ3v) is 5.80. The Morgan fingerprint density at radius 3 is 2.76 bits per heavy atom. The van der Waals surface area contributed by atoms with Crippen molar-refractivity contribution >= 4 is 21.9 Å². The molecule has 1 heterocycles. The van der Waals surface area contributed by atoms with Gasteiger partial charge in [-0.2, -0.15) is 0 Å². The van der Waals surface area contributed by atoms with E-state index >= 15 is 0 Å². The van der Waals surface area contributed by atoms with Crippen LogP contribution in [-0.2, 0) is 19.6 Å². The number of carbonyl (C=O) groups excluding carboxylic acids is 1. The Labute approximate surface area is 146 Å². The van der Waals surface area contributed by atoms with Gasteiger partial charge in [0.05, 0.1) is 11.5 Å². The van der Waals surface area contributed by atoms with E-state index in [0.717, 1.165) is 0 Å². The number of ether oxygens (including phenoxy) is 1. The van der Waals surface area contributed by atoms with Gasteiger partial charge in [0, 0.05) is 25.8 Å². The minimum atomic E-state index is -3.77. The Morgan fingerprint density at radius 1 is 1.40 bits per heavy atom. The molecule has 1 aromatic rings. The molecule has 1 atom stereocenters. The number of hydrogen-bond acceptors (Lipinski definition) is 5. The molecule has 1 fully saturated rings. The maximum atomic E-state index is 12.7. The maximum Gasteiger partial charge on any atom is 0.329 e. The Balaban J connectivity index is 2.26. The summed E-state index contributed by atoms with van der Waals surface area (Å²) in [5, 5.41) is 9.43. The van der Waals surface area contributed by atoms with Crippen LogP contribution in [0, 0.1) is 0 Å². The smallest absolute Gasteiger partial charge is 0.329 e. The minimum Gasteiger partial charge on any atom is -0.480 e. The molecule has 2 rings (SSSR count). The molecule has 1 aliphatic heterocycles. The highest BCUT2D eigenvalue weighted by molar-refractivity contribution is 7.89. The number of likely N-dealkylation sites (tertiary alicyclic amines) is 1. The maximum absolute atomic E-state index is 12.7. The summed E-state index contributed by atoms with van der Waals surface area (Å²) in [6.07, 6.45) is 0.954. The summed E-state index contributed by atoms with van der Waals surface area (Å²) in [7, 11) is -2.31. The van der Waals surface area contributed by atoms with E-state index in [9.17, 15) is 23.1 Å². The first-order chi connectivity index (χ1) is 11.7. The topological polar surface area (TPSA) is 113 Å². The summed E-state index contributed by atoms with van der Waals surface area (Å²) in [6.45, 7) is 2.17. The molecule has 1 aliphatic rings. The third kappa shape index (κ3) is 4.00. The normalized spacial score (nSPS) is 20.6. The van der Waals surface area contributed by atoms with E-state index in [1.165, 1.54) is 43.2 Å². The van der Waals surface area contributed by atoms with Crippen molar-refractivity contribution in [3.8, 4) is 0 Å². The molecule has 1 saturated heterocycles. The van der Waals surface area contributed by atoms with Crippen LogP contribution in [0.4, 0.5) is 0 Å². The van der Waals surface area contributed by atoms with Gasteiger partial charge in [-0.15, -0.1) is 0 Å². The predicted molar refractivity (Wildman–Crippen MR) is 89.8 cm³/mol. The van der Waals surface area contributed by atoms with Crippen LogP contribution in [0.15, 0.2) is 29.2 Å². The fraction of sp³-hybridized carbons (Fsp3) is 0.500. The van der Waals surface area contributed by atoms with Gasteiger partial charge in [-0.25, -0.2) is 17.9 Å². The number of carboxylic acid groups (broad SMARTS) is 1. The molecule has 1 amide bonds. The van der Waals surface area contributed by atoms with E-state index in [1.807, 2.05) is 0 Å². The standard InChI is InChI=1S/C16H22N2O6S/c1-16(15(20)21)7-4-9-18(16)14(19)12-5-3-6-13(11-12)25(22,23)17-8-10-24-2/h3,5-6,11,17H,4,7-10H2,1-2H3,(H,20,21). The van der Waals surface area contributed by atoms with Crippen molar-refractivity contribution in [1.82, 2.24) is 9.62 Å². The monoisotopic (exact) mass is 370 g/mol. The van der Waals surface area contributed by atoms with E-state index in [2.05, 4.69) is 4.72 Å². The van der Waals surface area contributed by atoms with E-state index in [1.54, 1.807) is 0 Å². The molecule has 0 bridgehead atoms. The lowest BCUT2D eigenvalue weighted by Gasteiger charge is -2.31. The van der Waals surface area contributed by atoms with Gasteiger partial charge in [0.2, 0.25) is 10.0 Å². The fourth-order valence-electron chi connectivity index (χ4n) is 2.82. The molecule has 25 heavy (non-hydrogen) atoms. The number of aliphatic carboxylic acids is 1. The molecule has 0 radical (unpaired) electrons. The molecule has 0 spiro atoms. The van der Waals surface area contributed by atoms with Crippen LogP contribution in [0.3, 0.4) is 0 Å². The Bertz CT molecular complexity index is 764. The first-order valence-corrected chi connectivity index (χ1v) is 9.35. The lowest BCUT2D eigenvalue weighted by atomic mass is 9.98. The summed E-state index contributed by atoms with van der Waals surface area (Å²) in [6, 6.07) is 5.59. The predicted octanol–water partition coefficient (Wildman–Crippen LogP) is 0.691. The highest BCUT2D eigenvalue weighted by atomic mass is 32.2. The number of carboxylic acids is 1. The van der Waals surface area contributed by atoms with Crippen molar-refractivity contribution < 1.29 is 27.9 Å². The SMILES string of the molecule is COCCNS(=O)(=O)c1cccc(C(=O)N2CCCC2(C)C(=O)O)c1. The number of amides is 1.